The summed E-state index contributed by atoms with van der Waals surface area (Å²) in [6, 6.07) is 0. The van der Waals surface area contributed by atoms with Crippen molar-refractivity contribution in [3.63, 3.8) is 0 Å². The van der Waals surface area contributed by atoms with Gasteiger partial charge < -0.3 is 15.6 Å². The number of aromatic nitrogens is 3. The molecule has 0 radical (unpaired) electrons. The molecule has 0 aliphatic rings. The molecule has 0 spiro atoms. The Morgan fingerprint density at radius 1 is 1.59 bits per heavy atom. The van der Waals surface area contributed by atoms with E-state index in [4.69, 9.17) is 15.6 Å². The summed E-state index contributed by atoms with van der Waals surface area (Å²) in [4.78, 5) is 10.9. The number of aryl methyl sites for hydroxylation is 1. The predicted molar refractivity (Wildman–Crippen MR) is 60.6 cm³/mol. The summed E-state index contributed by atoms with van der Waals surface area (Å²) in [5.41, 5.74) is 5.57. The zero-order valence-corrected chi connectivity index (χ0v) is 10.3. The van der Waals surface area contributed by atoms with Crippen molar-refractivity contribution in [2.24, 2.45) is 5.73 Å². The highest BCUT2D eigenvalue weighted by Gasteiger charge is 2.21. The SMILES string of the molecule is COC(C)(C)CCn1nnc(C(=O)O)c1CN. The van der Waals surface area contributed by atoms with E-state index in [0.717, 1.165) is 0 Å². The van der Waals surface area contributed by atoms with Crippen LogP contribution < -0.4 is 5.73 Å². The molecule has 7 nitrogen and oxygen atoms in total. The van der Waals surface area contributed by atoms with Crippen molar-refractivity contribution in [3.05, 3.63) is 11.4 Å². The average Bonchev–Trinajstić information content (AvgIpc) is 2.69. The quantitative estimate of drug-likeness (QED) is 0.741. The number of nitrogens with two attached hydrogens (primary N) is 1. The van der Waals surface area contributed by atoms with Crippen LogP contribution in [0.1, 0.15) is 36.5 Å². The van der Waals surface area contributed by atoms with E-state index >= 15 is 0 Å². The van der Waals surface area contributed by atoms with Crippen molar-refractivity contribution in [1.82, 2.24) is 15.0 Å². The van der Waals surface area contributed by atoms with Crippen LogP contribution in [-0.2, 0) is 17.8 Å². The number of rotatable bonds is 6. The largest absolute Gasteiger partial charge is 0.476 e. The highest BCUT2D eigenvalue weighted by atomic mass is 16.5. The average molecular weight is 242 g/mol. The van der Waals surface area contributed by atoms with Crippen LogP contribution in [-0.4, -0.2) is 38.8 Å². The third-order valence-corrected chi connectivity index (χ3v) is 2.71. The van der Waals surface area contributed by atoms with Crippen molar-refractivity contribution >= 4 is 5.97 Å². The molecular formula is C10H18N4O3. The van der Waals surface area contributed by atoms with Gasteiger partial charge in [0.2, 0.25) is 0 Å². The van der Waals surface area contributed by atoms with Crippen LogP contribution >= 0.6 is 0 Å². The topological polar surface area (TPSA) is 103 Å². The normalized spacial score (nSPS) is 11.8. The van der Waals surface area contributed by atoms with Gasteiger partial charge in [0.25, 0.3) is 0 Å². The van der Waals surface area contributed by atoms with Gasteiger partial charge in [0.05, 0.1) is 11.3 Å². The molecule has 1 heterocycles. The maximum Gasteiger partial charge on any atom is 0.358 e. The Morgan fingerprint density at radius 2 is 2.24 bits per heavy atom. The Balaban J connectivity index is 2.82. The van der Waals surface area contributed by atoms with E-state index in [1.807, 2.05) is 13.8 Å². The summed E-state index contributed by atoms with van der Waals surface area (Å²) < 4.78 is 6.80. The first-order valence-electron chi connectivity index (χ1n) is 5.32. The van der Waals surface area contributed by atoms with Gasteiger partial charge >= 0.3 is 5.97 Å². The first kappa shape index (κ1) is 13.6. The van der Waals surface area contributed by atoms with Gasteiger partial charge in [-0.3, -0.25) is 0 Å². The van der Waals surface area contributed by atoms with Crippen molar-refractivity contribution < 1.29 is 14.6 Å². The van der Waals surface area contributed by atoms with Gasteiger partial charge in [0, 0.05) is 20.2 Å². The Hall–Kier alpha value is -1.47. The van der Waals surface area contributed by atoms with E-state index in [-0.39, 0.29) is 17.8 Å². The van der Waals surface area contributed by atoms with Gasteiger partial charge in [-0.15, -0.1) is 5.10 Å². The summed E-state index contributed by atoms with van der Waals surface area (Å²) in [6.45, 7) is 4.52. The fourth-order valence-electron chi connectivity index (χ4n) is 1.36. The van der Waals surface area contributed by atoms with Gasteiger partial charge in [0.15, 0.2) is 5.69 Å². The molecule has 17 heavy (non-hydrogen) atoms. The van der Waals surface area contributed by atoms with Gasteiger partial charge in [0.1, 0.15) is 0 Å². The number of carboxylic acid groups (broad SMARTS) is 1. The standard InChI is InChI=1S/C10H18N4O3/c1-10(2,17-3)4-5-14-7(6-11)8(9(15)16)12-13-14/h4-6,11H2,1-3H3,(H,15,16). The number of nitrogens with zero attached hydrogens (tertiary/aromatic N) is 3. The maximum atomic E-state index is 10.9. The summed E-state index contributed by atoms with van der Waals surface area (Å²) in [7, 11) is 1.63. The summed E-state index contributed by atoms with van der Waals surface area (Å²) in [6.07, 6.45) is 0.693. The second-order valence-corrected chi connectivity index (χ2v) is 4.33. The van der Waals surface area contributed by atoms with Crippen molar-refractivity contribution in [2.75, 3.05) is 7.11 Å². The van der Waals surface area contributed by atoms with Crippen LogP contribution in [0.5, 0.6) is 0 Å². The molecule has 0 fully saturated rings. The van der Waals surface area contributed by atoms with Crippen LogP contribution in [0.15, 0.2) is 0 Å². The van der Waals surface area contributed by atoms with Crippen molar-refractivity contribution in [3.8, 4) is 0 Å². The Kier molecular flexibility index (Phi) is 4.19. The summed E-state index contributed by atoms with van der Waals surface area (Å²) in [5, 5.41) is 16.3. The smallest absolute Gasteiger partial charge is 0.358 e. The lowest BCUT2D eigenvalue weighted by Crippen LogP contribution is -2.25. The fraction of sp³-hybridized carbons (Fsp3) is 0.700. The number of carbonyl (C=O) groups is 1. The highest BCUT2D eigenvalue weighted by molar-refractivity contribution is 5.86. The van der Waals surface area contributed by atoms with Crippen LogP contribution in [0.2, 0.25) is 0 Å². The first-order valence-corrected chi connectivity index (χ1v) is 5.32. The minimum Gasteiger partial charge on any atom is -0.476 e. The van der Waals surface area contributed by atoms with E-state index in [1.54, 1.807) is 7.11 Å². The number of ether oxygens (including phenoxy) is 1. The second-order valence-electron chi connectivity index (χ2n) is 4.33. The predicted octanol–water partition coefficient (Wildman–Crippen LogP) is 0.250. The third kappa shape index (κ3) is 3.24. The molecule has 0 bridgehead atoms. The molecule has 1 rings (SSSR count). The lowest BCUT2D eigenvalue weighted by Gasteiger charge is -2.22. The van der Waals surface area contributed by atoms with Crippen LogP contribution in [0.25, 0.3) is 0 Å². The Bertz CT molecular complexity index is 400. The molecule has 1 aromatic heterocycles. The van der Waals surface area contributed by atoms with Crippen LogP contribution in [0.4, 0.5) is 0 Å². The molecule has 0 aliphatic heterocycles. The fourth-order valence-corrected chi connectivity index (χ4v) is 1.36. The molecule has 0 atom stereocenters. The van der Waals surface area contributed by atoms with Crippen molar-refractivity contribution in [2.45, 2.75) is 39.0 Å². The van der Waals surface area contributed by atoms with Crippen LogP contribution in [0, 0.1) is 0 Å². The monoisotopic (exact) mass is 242 g/mol. The van der Waals surface area contributed by atoms with Gasteiger partial charge in [-0.1, -0.05) is 5.21 Å². The lowest BCUT2D eigenvalue weighted by molar-refractivity contribution is 0.0110. The number of hydrogen-bond donors (Lipinski definition) is 2. The Labute approximate surface area is 99.6 Å². The molecule has 0 aromatic carbocycles. The van der Waals surface area contributed by atoms with Crippen molar-refractivity contribution in [1.29, 1.82) is 0 Å². The molecule has 3 N–H and O–H groups in total. The highest BCUT2D eigenvalue weighted by Crippen LogP contribution is 2.15. The second kappa shape index (κ2) is 5.24. The minimum absolute atomic E-state index is 0.0808. The number of methoxy groups -OCH3 is 1. The molecule has 1 aromatic rings. The van der Waals surface area contributed by atoms with Gasteiger partial charge in [-0.05, 0) is 20.3 Å². The number of aromatic carboxylic acids is 1. The van der Waals surface area contributed by atoms with Gasteiger partial charge in [-0.2, -0.15) is 0 Å². The molecule has 7 heteroatoms. The number of carboxylic acids is 1. The lowest BCUT2D eigenvalue weighted by atomic mass is 10.1. The van der Waals surface area contributed by atoms with E-state index in [9.17, 15) is 4.79 Å². The zero-order valence-electron chi connectivity index (χ0n) is 10.3. The first-order chi connectivity index (χ1) is 7.91. The Morgan fingerprint density at radius 3 is 2.71 bits per heavy atom. The molecule has 0 aliphatic carbocycles. The molecule has 0 saturated carbocycles. The molecular weight excluding hydrogens is 224 g/mol. The third-order valence-electron chi connectivity index (χ3n) is 2.71. The van der Waals surface area contributed by atoms with Crippen LogP contribution in [0.3, 0.4) is 0 Å². The van der Waals surface area contributed by atoms with E-state index in [1.165, 1.54) is 4.68 Å². The van der Waals surface area contributed by atoms with Gasteiger partial charge in [-0.25, -0.2) is 9.48 Å². The molecule has 0 amide bonds. The van der Waals surface area contributed by atoms with E-state index in [2.05, 4.69) is 10.3 Å². The zero-order chi connectivity index (χ0) is 13.1. The summed E-state index contributed by atoms with van der Waals surface area (Å²) in [5.74, 6) is -1.11. The van der Waals surface area contributed by atoms with E-state index in [0.29, 0.717) is 18.7 Å². The molecule has 0 saturated heterocycles. The minimum atomic E-state index is -1.11. The maximum absolute atomic E-state index is 10.9. The van der Waals surface area contributed by atoms with E-state index < -0.39 is 5.97 Å². The summed E-state index contributed by atoms with van der Waals surface area (Å²) >= 11 is 0. The number of hydrogen-bond acceptors (Lipinski definition) is 5. The molecule has 96 valence electrons. The molecule has 0 unspecified atom stereocenters.